The Balaban J connectivity index is -0.000000157. The van der Waals surface area contributed by atoms with Gasteiger partial charge in [-0.25, -0.2) is 0 Å². The van der Waals surface area contributed by atoms with Crippen LogP contribution in [-0.4, -0.2) is 31.4 Å². The zero-order chi connectivity index (χ0) is 36.2. The third-order valence-electron chi connectivity index (χ3n) is 7.15. The topological polar surface area (TPSA) is 85.3 Å². The van der Waals surface area contributed by atoms with Gasteiger partial charge in [0.1, 0.15) is 31.4 Å². The van der Waals surface area contributed by atoms with Crippen LogP contribution in [0.4, 0.5) is 0 Å². The molecule has 0 aromatic carbocycles. The van der Waals surface area contributed by atoms with E-state index in [9.17, 15) is 24.0 Å². The second-order valence-electron chi connectivity index (χ2n) is 11.9. The van der Waals surface area contributed by atoms with Crippen molar-refractivity contribution < 1.29 is 24.0 Å². The molecule has 0 spiro atoms. The highest BCUT2D eigenvalue weighted by Crippen LogP contribution is 2.06. The van der Waals surface area contributed by atoms with Gasteiger partial charge in [0.25, 0.3) is 0 Å². The summed E-state index contributed by atoms with van der Waals surface area (Å²) in [5.74, 6) is 0. The molecule has 5 heteroatoms. The van der Waals surface area contributed by atoms with Gasteiger partial charge in [-0.15, -0.1) is 0 Å². The summed E-state index contributed by atoms with van der Waals surface area (Å²) in [7, 11) is 0. The van der Waals surface area contributed by atoms with Crippen molar-refractivity contribution in [1.29, 1.82) is 0 Å². The number of hydrogen-bond acceptors (Lipinski definition) is 5. The highest BCUT2D eigenvalue weighted by Gasteiger charge is 1.88. The van der Waals surface area contributed by atoms with Crippen LogP contribution in [0.1, 0.15) is 214 Å². The molecule has 47 heavy (non-hydrogen) atoms. The highest BCUT2D eigenvalue weighted by atomic mass is 16.1. The lowest BCUT2D eigenvalue weighted by Gasteiger charge is -1.95. The predicted molar refractivity (Wildman–Crippen MR) is 206 cm³/mol. The zero-order valence-electron chi connectivity index (χ0n) is 32.0. The summed E-state index contributed by atoms with van der Waals surface area (Å²) >= 11 is 0. The van der Waals surface area contributed by atoms with Gasteiger partial charge in [-0.05, 0) is 57.1 Å². The molecule has 5 nitrogen and oxygen atoms in total. The molecule has 0 radical (unpaired) electrons. The molecule has 0 saturated heterocycles. The third-order valence-corrected chi connectivity index (χ3v) is 7.15. The molecule has 0 N–H and O–H groups in total. The van der Waals surface area contributed by atoms with Crippen LogP contribution in [0.3, 0.4) is 0 Å². The lowest BCUT2D eigenvalue weighted by atomic mass is 10.1. The van der Waals surface area contributed by atoms with Gasteiger partial charge in [0, 0.05) is 19.3 Å². The van der Waals surface area contributed by atoms with E-state index in [1.165, 1.54) is 128 Å². The van der Waals surface area contributed by atoms with Gasteiger partial charge in [-0.1, -0.05) is 162 Å². The molecule has 0 rings (SSSR count). The highest BCUT2D eigenvalue weighted by molar-refractivity contribution is 5.64. The minimum Gasteiger partial charge on any atom is -0.303 e. The number of hydrogen-bond donors (Lipinski definition) is 0. The number of allylic oxidation sites excluding steroid dienone is 4. The summed E-state index contributed by atoms with van der Waals surface area (Å²) < 4.78 is 0. The molecular formula is C42H80O5. The summed E-state index contributed by atoms with van der Waals surface area (Å²) in [6.07, 6.45) is 44.9. The fraction of sp³-hybridized carbons (Fsp3) is 0.786. The van der Waals surface area contributed by atoms with Crippen LogP contribution in [0, 0.1) is 0 Å². The lowest BCUT2D eigenvalue weighted by Crippen LogP contribution is -1.79. The van der Waals surface area contributed by atoms with Crippen molar-refractivity contribution >= 4 is 31.4 Å². The Morgan fingerprint density at radius 1 is 0.277 bits per heavy atom. The Bertz CT molecular complexity index is 612. The molecule has 0 aliphatic rings. The molecule has 0 fully saturated rings. The average Bonchev–Trinajstić information content (AvgIpc) is 3.09. The number of carbonyl (C=O) groups is 5. The Labute approximate surface area is 293 Å². The molecule has 0 aliphatic carbocycles. The van der Waals surface area contributed by atoms with E-state index in [1.807, 2.05) is 12.2 Å². The van der Waals surface area contributed by atoms with Gasteiger partial charge in [0.05, 0.1) is 0 Å². The minimum atomic E-state index is 0.750. The van der Waals surface area contributed by atoms with Crippen molar-refractivity contribution in [3.8, 4) is 0 Å². The van der Waals surface area contributed by atoms with Crippen LogP contribution in [0.2, 0.25) is 0 Å². The molecular weight excluding hydrogens is 584 g/mol. The van der Waals surface area contributed by atoms with Crippen LogP contribution in [0.15, 0.2) is 24.3 Å². The molecule has 0 amide bonds. The Kier molecular flexibility index (Phi) is 76.6. The number of rotatable bonds is 30. The van der Waals surface area contributed by atoms with Crippen molar-refractivity contribution in [2.45, 2.75) is 214 Å². The van der Waals surface area contributed by atoms with E-state index in [-0.39, 0.29) is 0 Å². The van der Waals surface area contributed by atoms with Gasteiger partial charge in [0.2, 0.25) is 0 Å². The van der Waals surface area contributed by atoms with Gasteiger partial charge >= 0.3 is 0 Å². The minimum absolute atomic E-state index is 0.750. The van der Waals surface area contributed by atoms with E-state index >= 15 is 0 Å². The van der Waals surface area contributed by atoms with Crippen LogP contribution in [0.25, 0.3) is 0 Å². The fourth-order valence-electron chi connectivity index (χ4n) is 4.18. The first-order valence-electron chi connectivity index (χ1n) is 19.6. The number of aldehydes is 5. The largest absolute Gasteiger partial charge is 0.303 e. The van der Waals surface area contributed by atoms with Crippen molar-refractivity contribution in [2.75, 3.05) is 0 Å². The second kappa shape index (κ2) is 66.3. The van der Waals surface area contributed by atoms with Crippen LogP contribution in [0.5, 0.6) is 0 Å². The Morgan fingerprint density at radius 3 is 0.766 bits per heavy atom. The molecule has 0 heterocycles. The smallest absolute Gasteiger partial charge is 0.142 e. The molecule has 0 atom stereocenters. The quantitative estimate of drug-likeness (QED) is 0.0433. The third kappa shape index (κ3) is 86.2. The fourth-order valence-corrected chi connectivity index (χ4v) is 4.18. The first kappa shape index (κ1) is 54.3. The maximum atomic E-state index is 9.89. The maximum Gasteiger partial charge on any atom is 0.142 e. The summed E-state index contributed by atoms with van der Waals surface area (Å²) in [4.78, 5) is 49.1. The first-order valence-corrected chi connectivity index (χ1v) is 19.6. The molecule has 0 aromatic rings. The molecule has 0 aliphatic heterocycles. The summed E-state index contributed by atoms with van der Waals surface area (Å²) in [5, 5.41) is 0. The zero-order valence-corrected chi connectivity index (χ0v) is 32.0. The van der Waals surface area contributed by atoms with E-state index in [4.69, 9.17) is 0 Å². The van der Waals surface area contributed by atoms with Gasteiger partial charge < -0.3 is 14.4 Å². The van der Waals surface area contributed by atoms with Crippen LogP contribution in [-0.2, 0) is 24.0 Å². The molecule has 0 bridgehead atoms. The number of carbonyl (C=O) groups excluding carboxylic acids is 5. The number of unbranched alkanes of at least 4 members (excludes halogenated alkanes) is 23. The van der Waals surface area contributed by atoms with E-state index in [0.29, 0.717) is 0 Å². The molecule has 0 saturated carbocycles. The lowest BCUT2D eigenvalue weighted by molar-refractivity contribution is -0.108. The molecule has 278 valence electrons. The Hall–Kier alpha value is -2.17. The summed E-state index contributed by atoms with van der Waals surface area (Å²) in [5.41, 5.74) is 0. The van der Waals surface area contributed by atoms with Crippen molar-refractivity contribution in [3.63, 3.8) is 0 Å². The van der Waals surface area contributed by atoms with Gasteiger partial charge in [-0.2, -0.15) is 0 Å². The van der Waals surface area contributed by atoms with Crippen molar-refractivity contribution in [3.05, 3.63) is 24.3 Å². The standard InChI is InChI=1S/C10H18O.C9H18O.C8H16O.C8H14O.C7H14O/c1-2-3-4-5-6-7-8-9-10-11;1-2-3-4-5-6-7-8-9-10;2*1-2-3-4-5-6-7-8-9;1-2-3-4-5-6-7-8/h8-10H,2-7H2,1H3;9H,2-8H2,1H3;8H,2-7H2,1H3;6-8H,2-5H2,1H3;7H,2-6H2,1H3/b9-8+;;;7-6+;. The summed E-state index contributed by atoms with van der Waals surface area (Å²) in [6, 6.07) is 0. The average molecular weight is 665 g/mol. The predicted octanol–water partition coefficient (Wildman–Crippen LogP) is 13.1. The normalized spacial score (nSPS) is 9.89. The van der Waals surface area contributed by atoms with Gasteiger partial charge in [-0.3, -0.25) is 9.59 Å². The summed E-state index contributed by atoms with van der Waals surface area (Å²) in [6.45, 7) is 11.0. The maximum absolute atomic E-state index is 9.89. The van der Waals surface area contributed by atoms with E-state index in [0.717, 1.165) is 82.8 Å². The van der Waals surface area contributed by atoms with Crippen LogP contribution < -0.4 is 0 Å². The van der Waals surface area contributed by atoms with Crippen LogP contribution >= 0.6 is 0 Å². The van der Waals surface area contributed by atoms with E-state index < -0.39 is 0 Å². The van der Waals surface area contributed by atoms with E-state index in [2.05, 4.69) is 34.6 Å². The molecule has 0 aromatic heterocycles. The SMILES string of the molecule is CCCCC/C=C/C=O.CCCCCCC/C=C/C=O.CCCCCCC=O.CCCCCCCC=O.CCCCCCCCC=O. The molecule has 0 unspecified atom stereocenters. The van der Waals surface area contributed by atoms with E-state index in [1.54, 1.807) is 12.2 Å². The van der Waals surface area contributed by atoms with Gasteiger partial charge in [0.15, 0.2) is 0 Å². The van der Waals surface area contributed by atoms with Crippen molar-refractivity contribution in [1.82, 2.24) is 0 Å². The Morgan fingerprint density at radius 2 is 0.489 bits per heavy atom. The monoisotopic (exact) mass is 665 g/mol. The second-order valence-corrected chi connectivity index (χ2v) is 11.9. The first-order chi connectivity index (χ1) is 23.1. The van der Waals surface area contributed by atoms with Crippen molar-refractivity contribution in [2.24, 2.45) is 0 Å².